The fraction of sp³-hybridized carbons (Fsp3) is 0.684. The number of rotatable bonds is 7. The molecule has 1 aromatic rings. The summed E-state index contributed by atoms with van der Waals surface area (Å²) in [5.74, 6) is -0.316. The molecule has 144 valence electrons. The van der Waals surface area contributed by atoms with Crippen molar-refractivity contribution in [2.24, 2.45) is 5.41 Å². The van der Waals surface area contributed by atoms with Crippen LogP contribution in [0, 0.1) is 5.41 Å². The maximum absolute atomic E-state index is 12.2. The van der Waals surface area contributed by atoms with Gasteiger partial charge in [0.25, 0.3) is 5.91 Å². The molecule has 0 saturated carbocycles. The summed E-state index contributed by atoms with van der Waals surface area (Å²) in [6, 6.07) is 3.59. The van der Waals surface area contributed by atoms with Crippen LogP contribution in [0.15, 0.2) is 17.5 Å². The van der Waals surface area contributed by atoms with Crippen LogP contribution in [0.4, 0.5) is 0 Å². The second kappa shape index (κ2) is 9.48. The Balaban J connectivity index is 1.47. The number of carbonyl (C=O) groups excluding carboxylic acids is 2. The maximum atomic E-state index is 12.2. The number of thiophene rings is 1. The van der Waals surface area contributed by atoms with E-state index in [0.717, 1.165) is 45.7 Å². The van der Waals surface area contributed by atoms with Gasteiger partial charge in [0.1, 0.15) is 0 Å². The van der Waals surface area contributed by atoms with E-state index < -0.39 is 0 Å². The number of hydrogen-bond donors (Lipinski definition) is 2. The topological polar surface area (TPSA) is 70.7 Å². The molecular formula is C19H29N3O3S. The van der Waals surface area contributed by atoms with Gasteiger partial charge in [0, 0.05) is 31.7 Å². The monoisotopic (exact) mass is 379 g/mol. The molecule has 2 fully saturated rings. The molecule has 1 aromatic heterocycles. The molecule has 6 nitrogen and oxygen atoms in total. The van der Waals surface area contributed by atoms with Crippen LogP contribution < -0.4 is 10.6 Å². The van der Waals surface area contributed by atoms with E-state index in [0.29, 0.717) is 11.4 Å². The van der Waals surface area contributed by atoms with Crippen molar-refractivity contribution < 1.29 is 14.3 Å². The maximum Gasteiger partial charge on any atom is 0.261 e. The van der Waals surface area contributed by atoms with E-state index >= 15 is 0 Å². The molecule has 0 aromatic carbocycles. The molecule has 0 aliphatic carbocycles. The van der Waals surface area contributed by atoms with Gasteiger partial charge >= 0.3 is 0 Å². The van der Waals surface area contributed by atoms with Crippen LogP contribution in [0.1, 0.15) is 41.8 Å². The highest BCUT2D eigenvalue weighted by molar-refractivity contribution is 7.12. The lowest BCUT2D eigenvalue weighted by molar-refractivity contribution is -0.121. The van der Waals surface area contributed by atoms with E-state index in [1.807, 2.05) is 11.4 Å². The quantitative estimate of drug-likeness (QED) is 0.759. The summed E-state index contributed by atoms with van der Waals surface area (Å²) in [4.78, 5) is 27.3. The Bertz CT molecular complexity index is 579. The predicted octanol–water partition coefficient (Wildman–Crippen LogP) is 1.88. The highest BCUT2D eigenvalue weighted by Crippen LogP contribution is 2.31. The molecular weight excluding hydrogens is 350 g/mol. The van der Waals surface area contributed by atoms with Gasteiger partial charge in [-0.2, -0.15) is 0 Å². The molecule has 0 unspecified atom stereocenters. The van der Waals surface area contributed by atoms with E-state index in [1.165, 1.54) is 30.6 Å². The van der Waals surface area contributed by atoms with Gasteiger partial charge in [-0.15, -0.1) is 11.3 Å². The second-order valence-corrected chi connectivity index (χ2v) is 8.33. The van der Waals surface area contributed by atoms with Gasteiger partial charge < -0.3 is 20.3 Å². The number of piperidine rings is 1. The van der Waals surface area contributed by atoms with Gasteiger partial charge in [-0.1, -0.05) is 12.5 Å². The number of nitrogens with zero attached hydrogens (tertiary/aromatic N) is 1. The predicted molar refractivity (Wildman–Crippen MR) is 102 cm³/mol. The van der Waals surface area contributed by atoms with E-state index in [9.17, 15) is 9.59 Å². The Morgan fingerprint density at radius 3 is 2.62 bits per heavy atom. The number of likely N-dealkylation sites (tertiary alicyclic amines) is 1. The minimum absolute atomic E-state index is 0.0209. The summed E-state index contributed by atoms with van der Waals surface area (Å²) in [5.41, 5.74) is 0.0863. The molecule has 7 heteroatoms. The van der Waals surface area contributed by atoms with Crippen LogP contribution >= 0.6 is 11.3 Å². The van der Waals surface area contributed by atoms with Crippen LogP contribution in [0.2, 0.25) is 0 Å². The Hall–Kier alpha value is -1.44. The van der Waals surface area contributed by atoms with Crippen molar-refractivity contribution in [3.63, 3.8) is 0 Å². The lowest BCUT2D eigenvalue weighted by Gasteiger charge is -2.42. The lowest BCUT2D eigenvalue weighted by atomic mass is 9.79. The zero-order chi connectivity index (χ0) is 18.2. The van der Waals surface area contributed by atoms with E-state index in [1.54, 1.807) is 6.07 Å². The molecule has 2 saturated heterocycles. The van der Waals surface area contributed by atoms with Crippen molar-refractivity contribution in [3.8, 4) is 0 Å². The summed E-state index contributed by atoms with van der Waals surface area (Å²) in [6.07, 6.45) is 5.82. The molecule has 3 rings (SSSR count). The van der Waals surface area contributed by atoms with E-state index in [4.69, 9.17) is 4.74 Å². The number of carbonyl (C=O) groups is 2. The molecule has 2 amide bonds. The summed E-state index contributed by atoms with van der Waals surface area (Å²) in [7, 11) is 0. The van der Waals surface area contributed by atoms with Crippen LogP contribution in [-0.4, -0.2) is 62.7 Å². The van der Waals surface area contributed by atoms with Gasteiger partial charge in [-0.3, -0.25) is 9.59 Å². The number of amides is 2. The molecule has 2 aliphatic heterocycles. The molecule has 0 atom stereocenters. The summed E-state index contributed by atoms with van der Waals surface area (Å²) in [5, 5.41) is 7.59. The zero-order valence-electron chi connectivity index (χ0n) is 15.3. The summed E-state index contributed by atoms with van der Waals surface area (Å²) >= 11 is 1.37. The zero-order valence-corrected chi connectivity index (χ0v) is 16.1. The highest BCUT2D eigenvalue weighted by Gasteiger charge is 2.35. The van der Waals surface area contributed by atoms with Crippen molar-refractivity contribution >= 4 is 23.2 Å². The molecule has 0 bridgehead atoms. The minimum Gasteiger partial charge on any atom is -0.381 e. The first-order valence-electron chi connectivity index (χ1n) is 9.55. The third-order valence-electron chi connectivity index (χ3n) is 5.38. The van der Waals surface area contributed by atoms with E-state index in [2.05, 4.69) is 15.5 Å². The summed E-state index contributed by atoms with van der Waals surface area (Å²) < 4.78 is 5.55. The van der Waals surface area contributed by atoms with Crippen molar-refractivity contribution in [3.05, 3.63) is 22.4 Å². The molecule has 0 spiro atoms. The normalized spacial score (nSPS) is 20.5. The van der Waals surface area contributed by atoms with Gasteiger partial charge in [0.2, 0.25) is 5.91 Å². The standard InChI is InChI=1S/C19H29N3O3S/c23-17(13-20-18(24)16-5-4-12-26-16)21-14-19(6-10-25-11-7-19)15-22-8-2-1-3-9-22/h4-5,12H,1-3,6-11,13-15H2,(H,20,24)(H,21,23). The minimum atomic E-state index is -0.191. The highest BCUT2D eigenvalue weighted by atomic mass is 32.1. The first kappa shape index (κ1) is 19.3. The van der Waals surface area contributed by atoms with Gasteiger partial charge in [-0.05, 0) is 50.2 Å². The Labute approximate surface area is 159 Å². The average Bonchev–Trinajstić information content (AvgIpc) is 3.21. The number of ether oxygens (including phenoxy) is 1. The number of nitrogens with one attached hydrogen (secondary N) is 2. The van der Waals surface area contributed by atoms with Crippen LogP contribution in [0.3, 0.4) is 0 Å². The molecule has 2 N–H and O–H groups in total. The van der Waals surface area contributed by atoms with Gasteiger partial charge in [0.15, 0.2) is 0 Å². The fourth-order valence-corrected chi connectivity index (χ4v) is 4.43. The molecule has 0 radical (unpaired) electrons. The fourth-order valence-electron chi connectivity index (χ4n) is 3.79. The van der Waals surface area contributed by atoms with Crippen molar-refractivity contribution in [1.29, 1.82) is 0 Å². The number of hydrogen-bond acceptors (Lipinski definition) is 5. The van der Waals surface area contributed by atoms with Gasteiger partial charge in [-0.25, -0.2) is 0 Å². The Morgan fingerprint density at radius 1 is 1.15 bits per heavy atom. The first-order valence-corrected chi connectivity index (χ1v) is 10.4. The van der Waals surface area contributed by atoms with Crippen LogP contribution in [-0.2, 0) is 9.53 Å². The molecule has 2 aliphatic rings. The average molecular weight is 380 g/mol. The first-order chi connectivity index (χ1) is 12.7. The van der Waals surface area contributed by atoms with Crippen molar-refractivity contribution in [2.75, 3.05) is 45.9 Å². The molecule has 3 heterocycles. The van der Waals surface area contributed by atoms with Crippen LogP contribution in [0.5, 0.6) is 0 Å². The Kier molecular flexibility index (Phi) is 7.05. The SMILES string of the molecule is O=C(CNC(=O)c1cccs1)NCC1(CN2CCCCC2)CCOCC1. The second-order valence-electron chi connectivity index (χ2n) is 7.39. The summed E-state index contributed by atoms with van der Waals surface area (Å²) in [6.45, 7) is 5.55. The smallest absolute Gasteiger partial charge is 0.261 e. The van der Waals surface area contributed by atoms with E-state index in [-0.39, 0.29) is 23.8 Å². The third-order valence-corrected chi connectivity index (χ3v) is 6.24. The third kappa shape index (κ3) is 5.53. The Morgan fingerprint density at radius 2 is 1.92 bits per heavy atom. The van der Waals surface area contributed by atoms with Crippen molar-refractivity contribution in [2.45, 2.75) is 32.1 Å². The molecule has 26 heavy (non-hydrogen) atoms. The largest absolute Gasteiger partial charge is 0.381 e. The lowest BCUT2D eigenvalue weighted by Crippen LogP contribution is -2.50. The van der Waals surface area contributed by atoms with Gasteiger partial charge in [0.05, 0.1) is 11.4 Å². The van der Waals surface area contributed by atoms with Crippen LogP contribution in [0.25, 0.3) is 0 Å². The van der Waals surface area contributed by atoms with Crippen molar-refractivity contribution in [1.82, 2.24) is 15.5 Å².